The summed E-state index contributed by atoms with van der Waals surface area (Å²) in [5, 5.41) is 14.5. The molecule has 70 valence electrons. The van der Waals surface area contributed by atoms with Crippen molar-refractivity contribution in [3.63, 3.8) is 0 Å². The summed E-state index contributed by atoms with van der Waals surface area (Å²) in [6.07, 6.45) is 1.54. The molecule has 0 fully saturated rings. The van der Waals surface area contributed by atoms with Crippen molar-refractivity contribution >= 4 is 0 Å². The fourth-order valence-electron chi connectivity index (χ4n) is 0.767. The number of rotatable bonds is 4. The fraction of sp³-hybridized carbons (Fsp3) is 0.714. The molecule has 0 aromatic rings. The topological polar surface area (TPSA) is 59.0 Å². The van der Waals surface area contributed by atoms with Gasteiger partial charge >= 0.3 is 29.6 Å². The normalized spacial score (nSPS) is 10.5. The Kier molecular flexibility index (Phi) is 7.77. The van der Waals surface area contributed by atoms with Crippen LogP contribution >= 0.6 is 0 Å². The molecule has 6 heteroatoms. The van der Waals surface area contributed by atoms with E-state index in [4.69, 9.17) is 0 Å². The first-order valence-electron chi connectivity index (χ1n) is 3.62. The number of nitroso groups, excluding NO2 is 1. The van der Waals surface area contributed by atoms with E-state index in [9.17, 15) is 10.1 Å². The molecule has 0 rings (SSSR count). The minimum Gasteiger partial charge on any atom is -0.724 e. The summed E-state index contributed by atoms with van der Waals surface area (Å²) in [5.74, 6) is 0. The van der Waals surface area contributed by atoms with E-state index >= 15 is 0 Å². The molecule has 0 aromatic carbocycles. The third-order valence-electron chi connectivity index (χ3n) is 1.35. The van der Waals surface area contributed by atoms with E-state index in [2.05, 4.69) is 11.9 Å². The molecule has 0 aromatic heterocycles. The molecule has 0 atom stereocenters. The van der Waals surface area contributed by atoms with E-state index in [0.717, 1.165) is 0 Å². The van der Waals surface area contributed by atoms with E-state index in [1.807, 2.05) is 20.8 Å². The predicted molar refractivity (Wildman–Crippen MR) is 47.7 cm³/mol. The van der Waals surface area contributed by atoms with Crippen LogP contribution in [0, 0.1) is 10.1 Å². The fourth-order valence-corrected chi connectivity index (χ4v) is 0.767. The van der Waals surface area contributed by atoms with Gasteiger partial charge in [0.15, 0.2) is 0 Å². The molecular formula is C7H14N3NaO2. The minimum atomic E-state index is -0.427. The Hall–Kier alpha value is 0.0600. The molecule has 0 aliphatic rings. The number of nitrogens with zero attached hydrogens (tertiary/aromatic N) is 3. The van der Waals surface area contributed by atoms with Crippen molar-refractivity contribution in [2.45, 2.75) is 26.3 Å². The molecule has 0 heterocycles. The van der Waals surface area contributed by atoms with Crippen molar-refractivity contribution < 1.29 is 29.6 Å². The molecule has 0 aliphatic heterocycles. The Balaban J connectivity index is 0. The average Bonchev–Trinajstić information content (AvgIpc) is 1.96. The van der Waals surface area contributed by atoms with Crippen LogP contribution < -0.4 is 29.6 Å². The first-order chi connectivity index (χ1) is 5.43. The predicted octanol–water partition coefficient (Wildman–Crippen LogP) is -1.33. The average molecular weight is 195 g/mol. The summed E-state index contributed by atoms with van der Waals surface area (Å²) < 4.78 is 0. The Labute approximate surface area is 101 Å². The van der Waals surface area contributed by atoms with Crippen LogP contribution in [0.15, 0.2) is 17.9 Å². The summed E-state index contributed by atoms with van der Waals surface area (Å²) in [6.45, 7) is 9.22. The Morgan fingerprint density at radius 1 is 1.54 bits per heavy atom. The van der Waals surface area contributed by atoms with Crippen LogP contribution in [0.4, 0.5) is 0 Å². The molecule has 0 unspecified atom stereocenters. The molecule has 0 bridgehead atoms. The summed E-state index contributed by atoms with van der Waals surface area (Å²) in [6, 6.07) is 0. The maximum Gasteiger partial charge on any atom is 1.00 e. The number of hydrogen-bond donors (Lipinski definition) is 0. The van der Waals surface area contributed by atoms with Crippen LogP contribution in [0.5, 0.6) is 0 Å². The smallest absolute Gasteiger partial charge is 0.724 e. The van der Waals surface area contributed by atoms with Gasteiger partial charge in [-0.3, -0.25) is 5.28 Å². The second-order valence-corrected chi connectivity index (χ2v) is 3.38. The summed E-state index contributed by atoms with van der Waals surface area (Å²) in [4.78, 5) is 9.96. The molecule has 5 nitrogen and oxygen atoms in total. The van der Waals surface area contributed by atoms with Crippen LogP contribution in [0.25, 0.3) is 0 Å². The van der Waals surface area contributed by atoms with Crippen LogP contribution in [0.1, 0.15) is 20.8 Å². The third kappa shape index (κ3) is 5.38. The molecule has 0 saturated carbocycles. The molecule has 0 saturated heterocycles. The molecule has 0 amide bonds. The second-order valence-electron chi connectivity index (χ2n) is 3.38. The molecule has 13 heavy (non-hydrogen) atoms. The first kappa shape index (κ1) is 15.5. The Bertz CT molecular complexity index is 170. The third-order valence-corrected chi connectivity index (χ3v) is 1.35. The molecule has 0 aliphatic carbocycles. The zero-order chi connectivity index (χ0) is 9.78. The van der Waals surface area contributed by atoms with Crippen LogP contribution in [0.2, 0.25) is 0 Å². The van der Waals surface area contributed by atoms with E-state index in [1.165, 1.54) is 5.01 Å². The summed E-state index contributed by atoms with van der Waals surface area (Å²) in [7, 11) is 0. The maximum atomic E-state index is 10.9. The number of hydrazine groups is 1. The Morgan fingerprint density at radius 2 is 2.00 bits per heavy atom. The van der Waals surface area contributed by atoms with Gasteiger partial charge in [0.25, 0.3) is 0 Å². The van der Waals surface area contributed by atoms with Crippen molar-refractivity contribution in [2.75, 3.05) is 6.54 Å². The second kappa shape index (κ2) is 6.50. The van der Waals surface area contributed by atoms with E-state index in [1.54, 1.807) is 6.08 Å². The van der Waals surface area contributed by atoms with Crippen molar-refractivity contribution in [3.8, 4) is 0 Å². The largest absolute Gasteiger partial charge is 1.00 e. The van der Waals surface area contributed by atoms with Gasteiger partial charge in [-0.2, -0.15) is 0 Å². The SMILES string of the molecule is C=CCN(N([O-])N=O)C(C)(C)C.[Na+]. The van der Waals surface area contributed by atoms with Gasteiger partial charge in [-0.05, 0) is 20.8 Å². The zero-order valence-corrected chi connectivity index (χ0v) is 10.6. The van der Waals surface area contributed by atoms with Crippen molar-refractivity contribution in [3.05, 3.63) is 22.8 Å². The first-order valence-corrected chi connectivity index (χ1v) is 3.62. The van der Waals surface area contributed by atoms with Gasteiger partial charge in [-0.15, -0.1) is 11.5 Å². The van der Waals surface area contributed by atoms with E-state index in [0.29, 0.717) is 6.54 Å². The van der Waals surface area contributed by atoms with E-state index in [-0.39, 0.29) is 34.8 Å². The summed E-state index contributed by atoms with van der Waals surface area (Å²) in [5.41, 5.74) is -0.427. The van der Waals surface area contributed by atoms with Crippen LogP contribution in [-0.2, 0) is 0 Å². The van der Waals surface area contributed by atoms with Gasteiger partial charge in [0, 0.05) is 12.1 Å². The van der Waals surface area contributed by atoms with Gasteiger partial charge in [0.05, 0.1) is 5.29 Å². The van der Waals surface area contributed by atoms with Gasteiger partial charge in [0.2, 0.25) is 0 Å². The van der Waals surface area contributed by atoms with Crippen molar-refractivity contribution in [1.82, 2.24) is 10.3 Å². The zero-order valence-electron chi connectivity index (χ0n) is 8.65. The monoisotopic (exact) mass is 195 g/mol. The van der Waals surface area contributed by atoms with Crippen molar-refractivity contribution in [2.24, 2.45) is 5.29 Å². The van der Waals surface area contributed by atoms with Crippen LogP contribution in [0.3, 0.4) is 0 Å². The van der Waals surface area contributed by atoms with Gasteiger partial charge in [-0.1, -0.05) is 6.08 Å². The molecule has 0 N–H and O–H groups in total. The van der Waals surface area contributed by atoms with Crippen molar-refractivity contribution in [1.29, 1.82) is 0 Å². The summed E-state index contributed by atoms with van der Waals surface area (Å²) >= 11 is 0. The van der Waals surface area contributed by atoms with E-state index < -0.39 is 5.54 Å². The quantitative estimate of drug-likeness (QED) is 0.241. The molecular weight excluding hydrogens is 181 g/mol. The van der Waals surface area contributed by atoms with Gasteiger partial charge < -0.3 is 5.21 Å². The maximum absolute atomic E-state index is 10.9. The standard InChI is InChI=1S/C7H14N3O2.Na/c1-5-6-9(7(2,3)4)10(12)8-11;/h5H,1,6H2,2-4H3;/q-1;+1. The minimum absolute atomic E-state index is 0. The van der Waals surface area contributed by atoms with Gasteiger partial charge in [0.1, 0.15) is 0 Å². The van der Waals surface area contributed by atoms with Gasteiger partial charge in [-0.25, -0.2) is 5.01 Å². The molecule has 0 spiro atoms. The van der Waals surface area contributed by atoms with Crippen LogP contribution in [-0.4, -0.2) is 22.4 Å². The molecule has 0 radical (unpaired) electrons. The Morgan fingerprint density at radius 3 is 2.23 bits per heavy atom. The number of hydrogen-bond acceptors (Lipinski definition) is 4.